The van der Waals surface area contributed by atoms with Crippen LogP contribution in [0.2, 0.25) is 0 Å². The van der Waals surface area contributed by atoms with Crippen LogP contribution in [-0.2, 0) is 11.3 Å². The van der Waals surface area contributed by atoms with Crippen LogP contribution in [0.15, 0.2) is 24.3 Å². The number of anilines is 1. The summed E-state index contributed by atoms with van der Waals surface area (Å²) in [6.45, 7) is 5.43. The predicted molar refractivity (Wildman–Crippen MR) is 98.9 cm³/mol. The Kier molecular flexibility index (Phi) is 9.22. The van der Waals surface area contributed by atoms with Gasteiger partial charge in [0.1, 0.15) is 0 Å². The summed E-state index contributed by atoms with van der Waals surface area (Å²) in [4.78, 5) is 14.4. The SMILES string of the molecule is CCCC(N)C(=O)Nc1ccc(CN2CCCCCC2)cc1.Cl. The molecule has 0 bridgehead atoms. The van der Waals surface area contributed by atoms with Gasteiger partial charge in [0.15, 0.2) is 0 Å². The number of nitrogens with zero attached hydrogens (tertiary/aromatic N) is 1. The molecule has 5 heteroatoms. The van der Waals surface area contributed by atoms with Crippen molar-refractivity contribution in [2.45, 2.75) is 58.0 Å². The van der Waals surface area contributed by atoms with Crippen molar-refractivity contribution < 1.29 is 4.79 Å². The predicted octanol–water partition coefficient (Wildman–Crippen LogP) is 3.55. The normalized spacial score (nSPS) is 17.0. The minimum atomic E-state index is -0.415. The standard InChI is InChI=1S/C18H29N3O.ClH/c1-2-7-17(19)18(22)20-16-10-8-15(9-11-16)14-21-12-5-3-4-6-13-21;/h8-11,17H,2-7,12-14,19H2,1H3,(H,20,22);1H. The molecule has 1 aliphatic rings. The molecule has 1 saturated heterocycles. The molecule has 4 nitrogen and oxygen atoms in total. The Morgan fingerprint density at radius 3 is 2.35 bits per heavy atom. The lowest BCUT2D eigenvalue weighted by Crippen LogP contribution is -2.35. The first-order chi connectivity index (χ1) is 10.7. The van der Waals surface area contributed by atoms with Crippen molar-refractivity contribution in [2.75, 3.05) is 18.4 Å². The second-order valence-corrected chi connectivity index (χ2v) is 6.27. The average Bonchev–Trinajstić information content (AvgIpc) is 2.78. The Morgan fingerprint density at radius 1 is 1.17 bits per heavy atom. The summed E-state index contributed by atoms with van der Waals surface area (Å²) in [5, 5.41) is 2.89. The third kappa shape index (κ3) is 6.90. The molecule has 2 rings (SSSR count). The lowest BCUT2D eigenvalue weighted by molar-refractivity contribution is -0.117. The first-order valence-electron chi connectivity index (χ1n) is 8.57. The van der Waals surface area contributed by atoms with Crippen LogP contribution in [0.5, 0.6) is 0 Å². The summed E-state index contributed by atoms with van der Waals surface area (Å²) in [5.74, 6) is -0.0953. The van der Waals surface area contributed by atoms with E-state index in [1.807, 2.05) is 19.1 Å². The fourth-order valence-corrected chi connectivity index (χ4v) is 2.92. The van der Waals surface area contributed by atoms with Crippen molar-refractivity contribution in [2.24, 2.45) is 5.73 Å². The van der Waals surface area contributed by atoms with Crippen LogP contribution in [-0.4, -0.2) is 29.9 Å². The number of halogens is 1. The Labute approximate surface area is 146 Å². The number of hydrogen-bond acceptors (Lipinski definition) is 3. The lowest BCUT2D eigenvalue weighted by atomic mass is 10.1. The summed E-state index contributed by atoms with van der Waals surface area (Å²) in [6, 6.07) is 7.74. The van der Waals surface area contributed by atoms with Gasteiger partial charge >= 0.3 is 0 Å². The molecule has 0 spiro atoms. The second-order valence-electron chi connectivity index (χ2n) is 6.27. The summed E-state index contributed by atoms with van der Waals surface area (Å²) in [5.41, 5.74) is 7.96. The maximum Gasteiger partial charge on any atom is 0.241 e. The number of carbonyl (C=O) groups excluding carboxylic acids is 1. The molecule has 1 fully saturated rings. The van der Waals surface area contributed by atoms with Gasteiger partial charge in [0, 0.05) is 12.2 Å². The van der Waals surface area contributed by atoms with Crippen LogP contribution in [0.1, 0.15) is 51.0 Å². The van der Waals surface area contributed by atoms with E-state index < -0.39 is 6.04 Å². The van der Waals surface area contributed by atoms with Crippen LogP contribution >= 0.6 is 12.4 Å². The van der Waals surface area contributed by atoms with Crippen molar-refractivity contribution in [1.29, 1.82) is 0 Å². The highest BCUT2D eigenvalue weighted by Crippen LogP contribution is 2.15. The summed E-state index contributed by atoms with van der Waals surface area (Å²) >= 11 is 0. The Hall–Kier alpha value is -1.10. The third-order valence-electron chi connectivity index (χ3n) is 4.26. The van der Waals surface area contributed by atoms with Crippen LogP contribution in [0.25, 0.3) is 0 Å². The number of hydrogen-bond donors (Lipinski definition) is 2. The zero-order valence-corrected chi connectivity index (χ0v) is 14.9. The van der Waals surface area contributed by atoms with Gasteiger partial charge < -0.3 is 11.1 Å². The van der Waals surface area contributed by atoms with E-state index in [0.29, 0.717) is 0 Å². The fourth-order valence-electron chi connectivity index (χ4n) is 2.92. The van der Waals surface area contributed by atoms with E-state index in [1.54, 1.807) is 0 Å². The van der Waals surface area contributed by atoms with E-state index in [4.69, 9.17) is 5.73 Å². The van der Waals surface area contributed by atoms with Gasteiger partial charge in [-0.05, 0) is 50.0 Å². The maximum absolute atomic E-state index is 11.9. The number of nitrogens with two attached hydrogens (primary N) is 1. The first-order valence-corrected chi connectivity index (χ1v) is 8.57. The molecule has 0 saturated carbocycles. The zero-order valence-electron chi connectivity index (χ0n) is 14.1. The molecule has 1 atom stereocenters. The molecule has 23 heavy (non-hydrogen) atoms. The van der Waals surface area contributed by atoms with Gasteiger partial charge in [0.05, 0.1) is 6.04 Å². The average molecular weight is 340 g/mol. The molecule has 130 valence electrons. The number of amides is 1. The van der Waals surface area contributed by atoms with E-state index in [1.165, 1.54) is 44.3 Å². The summed E-state index contributed by atoms with van der Waals surface area (Å²) < 4.78 is 0. The molecule has 1 aliphatic heterocycles. The van der Waals surface area contributed by atoms with E-state index >= 15 is 0 Å². The lowest BCUT2D eigenvalue weighted by Gasteiger charge is -2.20. The Morgan fingerprint density at radius 2 is 1.78 bits per heavy atom. The minimum Gasteiger partial charge on any atom is -0.325 e. The second kappa shape index (κ2) is 10.6. The van der Waals surface area contributed by atoms with Gasteiger partial charge in [0.2, 0.25) is 5.91 Å². The molecule has 1 amide bonds. The smallest absolute Gasteiger partial charge is 0.241 e. The molecule has 0 radical (unpaired) electrons. The van der Waals surface area contributed by atoms with Gasteiger partial charge in [-0.25, -0.2) is 0 Å². The molecule has 1 heterocycles. The van der Waals surface area contributed by atoms with Gasteiger partial charge in [-0.15, -0.1) is 12.4 Å². The van der Waals surface area contributed by atoms with Gasteiger partial charge in [0.25, 0.3) is 0 Å². The topological polar surface area (TPSA) is 58.4 Å². The van der Waals surface area contributed by atoms with Crippen LogP contribution in [0.3, 0.4) is 0 Å². The molecule has 0 aliphatic carbocycles. The van der Waals surface area contributed by atoms with Crippen LogP contribution < -0.4 is 11.1 Å². The molecule has 1 unspecified atom stereocenters. The molecule has 0 aromatic heterocycles. The van der Waals surface area contributed by atoms with Crippen molar-refractivity contribution >= 4 is 24.0 Å². The highest BCUT2D eigenvalue weighted by molar-refractivity contribution is 5.94. The molecule has 1 aromatic carbocycles. The van der Waals surface area contributed by atoms with E-state index in [-0.39, 0.29) is 18.3 Å². The monoisotopic (exact) mass is 339 g/mol. The molecular formula is C18H30ClN3O. The highest BCUT2D eigenvalue weighted by Gasteiger charge is 2.13. The van der Waals surface area contributed by atoms with Crippen molar-refractivity contribution in [3.8, 4) is 0 Å². The third-order valence-corrected chi connectivity index (χ3v) is 4.26. The number of likely N-dealkylation sites (tertiary alicyclic amines) is 1. The minimum absolute atomic E-state index is 0. The summed E-state index contributed by atoms with van der Waals surface area (Å²) in [6.07, 6.45) is 6.98. The van der Waals surface area contributed by atoms with Gasteiger partial charge in [-0.1, -0.05) is 38.3 Å². The van der Waals surface area contributed by atoms with Crippen LogP contribution in [0, 0.1) is 0 Å². The molecule has 3 N–H and O–H groups in total. The summed E-state index contributed by atoms with van der Waals surface area (Å²) in [7, 11) is 0. The van der Waals surface area contributed by atoms with E-state index in [2.05, 4.69) is 22.3 Å². The zero-order chi connectivity index (χ0) is 15.8. The van der Waals surface area contributed by atoms with Gasteiger partial charge in [-0.3, -0.25) is 9.69 Å². The quantitative estimate of drug-likeness (QED) is 0.833. The first kappa shape index (κ1) is 19.9. The van der Waals surface area contributed by atoms with E-state index in [9.17, 15) is 4.79 Å². The number of nitrogens with one attached hydrogen (secondary N) is 1. The highest BCUT2D eigenvalue weighted by atomic mass is 35.5. The van der Waals surface area contributed by atoms with Crippen molar-refractivity contribution in [3.63, 3.8) is 0 Å². The van der Waals surface area contributed by atoms with Crippen molar-refractivity contribution in [1.82, 2.24) is 4.90 Å². The largest absolute Gasteiger partial charge is 0.325 e. The number of rotatable bonds is 6. The fraction of sp³-hybridized carbons (Fsp3) is 0.611. The Bertz CT molecular complexity index is 456. The Balaban J connectivity index is 0.00000264. The maximum atomic E-state index is 11.9. The van der Waals surface area contributed by atoms with Crippen LogP contribution in [0.4, 0.5) is 5.69 Å². The number of carbonyl (C=O) groups is 1. The van der Waals surface area contributed by atoms with Gasteiger partial charge in [-0.2, -0.15) is 0 Å². The van der Waals surface area contributed by atoms with E-state index in [0.717, 1.165) is 25.1 Å². The molecular weight excluding hydrogens is 310 g/mol. The molecule has 1 aromatic rings. The number of benzene rings is 1. The van der Waals surface area contributed by atoms with Crippen molar-refractivity contribution in [3.05, 3.63) is 29.8 Å².